The van der Waals surface area contributed by atoms with Crippen molar-refractivity contribution in [3.05, 3.63) is 34.0 Å². The van der Waals surface area contributed by atoms with Gasteiger partial charge in [-0.25, -0.2) is 4.79 Å². The van der Waals surface area contributed by atoms with Crippen molar-refractivity contribution in [2.24, 2.45) is 0 Å². The Balaban J connectivity index is 2.41. The number of carbonyl (C=O) groups is 1. The molecule has 0 saturated heterocycles. The van der Waals surface area contributed by atoms with Crippen molar-refractivity contribution in [1.29, 1.82) is 0 Å². The number of carbonyl (C=O) groups excluding carboxylic acids is 1. The molecule has 20 heavy (non-hydrogen) atoms. The molecule has 0 radical (unpaired) electrons. The van der Waals surface area contributed by atoms with Crippen LogP contribution in [0.15, 0.2) is 24.3 Å². The highest BCUT2D eigenvalue weighted by Crippen LogP contribution is 2.25. The van der Waals surface area contributed by atoms with E-state index in [1.807, 2.05) is 6.08 Å². The second kappa shape index (κ2) is 9.72. The Bertz CT molecular complexity index is 423. The average Bonchev–Trinajstić information content (AvgIpc) is 2.92. The normalized spacial score (nSPS) is 12.8. The Kier molecular flexibility index (Phi) is 8.23. The zero-order valence-electron chi connectivity index (χ0n) is 12.3. The monoisotopic (exact) mass is 296 g/mol. The summed E-state index contributed by atoms with van der Waals surface area (Å²) in [6.07, 6.45) is 9.08. The molecule has 1 N–H and O–H groups in total. The van der Waals surface area contributed by atoms with E-state index in [1.165, 1.54) is 30.6 Å². The van der Waals surface area contributed by atoms with Crippen molar-refractivity contribution in [3.63, 3.8) is 0 Å². The summed E-state index contributed by atoms with van der Waals surface area (Å²) >= 11 is 1.29. The smallest absolute Gasteiger partial charge is 0.348 e. The Morgan fingerprint density at radius 2 is 2.15 bits per heavy atom. The van der Waals surface area contributed by atoms with Gasteiger partial charge in [-0.1, -0.05) is 38.3 Å². The third-order valence-electron chi connectivity index (χ3n) is 2.94. The van der Waals surface area contributed by atoms with Crippen LogP contribution in [-0.4, -0.2) is 17.7 Å². The van der Waals surface area contributed by atoms with E-state index in [-0.39, 0.29) is 5.97 Å². The number of ether oxygens (including phenoxy) is 1. The standard InChI is InChI=1S/C16H24O3S/c1-3-5-6-7-8-9-10-13(17)14-11-12-15(20-14)16(18)19-4-2/h9-13,17H,3-8H2,1-2H3/b10-9+. The molecule has 112 valence electrons. The van der Waals surface area contributed by atoms with Gasteiger partial charge in [-0.15, -0.1) is 11.3 Å². The first kappa shape index (κ1) is 16.9. The van der Waals surface area contributed by atoms with Crippen molar-refractivity contribution >= 4 is 17.3 Å². The highest BCUT2D eigenvalue weighted by Gasteiger charge is 2.13. The molecular weight excluding hydrogens is 272 g/mol. The Morgan fingerprint density at radius 3 is 2.85 bits per heavy atom. The molecule has 1 atom stereocenters. The molecule has 1 aromatic rings. The molecule has 0 aliphatic rings. The van der Waals surface area contributed by atoms with Gasteiger partial charge in [-0.05, 0) is 31.9 Å². The van der Waals surface area contributed by atoms with E-state index >= 15 is 0 Å². The van der Waals surface area contributed by atoms with Gasteiger partial charge in [0, 0.05) is 4.88 Å². The van der Waals surface area contributed by atoms with Gasteiger partial charge in [0.15, 0.2) is 0 Å². The summed E-state index contributed by atoms with van der Waals surface area (Å²) in [5.74, 6) is -0.320. The van der Waals surface area contributed by atoms with E-state index in [1.54, 1.807) is 25.1 Å². The largest absolute Gasteiger partial charge is 0.462 e. The predicted molar refractivity (Wildman–Crippen MR) is 83.1 cm³/mol. The fourth-order valence-electron chi connectivity index (χ4n) is 1.83. The molecule has 0 amide bonds. The summed E-state index contributed by atoms with van der Waals surface area (Å²) in [7, 11) is 0. The first-order chi connectivity index (χ1) is 9.69. The van der Waals surface area contributed by atoms with Crippen LogP contribution in [0.3, 0.4) is 0 Å². The molecule has 4 heteroatoms. The highest BCUT2D eigenvalue weighted by atomic mass is 32.1. The summed E-state index contributed by atoms with van der Waals surface area (Å²) in [5.41, 5.74) is 0. The lowest BCUT2D eigenvalue weighted by Gasteiger charge is -2.02. The van der Waals surface area contributed by atoms with Crippen LogP contribution in [0.25, 0.3) is 0 Å². The van der Waals surface area contributed by atoms with Crippen LogP contribution in [0.2, 0.25) is 0 Å². The summed E-state index contributed by atoms with van der Waals surface area (Å²) in [6.45, 7) is 4.34. The maximum atomic E-state index is 11.5. The van der Waals surface area contributed by atoms with Gasteiger partial charge >= 0.3 is 5.97 Å². The second-order valence-corrected chi connectivity index (χ2v) is 5.76. The maximum Gasteiger partial charge on any atom is 0.348 e. The van der Waals surface area contributed by atoms with Gasteiger partial charge in [0.2, 0.25) is 0 Å². The summed E-state index contributed by atoms with van der Waals surface area (Å²) in [6, 6.07) is 3.49. The van der Waals surface area contributed by atoms with Gasteiger partial charge in [-0.3, -0.25) is 0 Å². The Morgan fingerprint density at radius 1 is 1.35 bits per heavy atom. The quantitative estimate of drug-likeness (QED) is 0.415. The molecule has 3 nitrogen and oxygen atoms in total. The predicted octanol–water partition coefficient (Wildman–Crippen LogP) is 4.48. The van der Waals surface area contributed by atoms with Crippen molar-refractivity contribution in [2.75, 3.05) is 6.61 Å². The molecule has 0 spiro atoms. The summed E-state index contributed by atoms with van der Waals surface area (Å²) in [5, 5.41) is 10.0. The van der Waals surface area contributed by atoms with Crippen molar-refractivity contribution in [3.8, 4) is 0 Å². The number of thiophene rings is 1. The van der Waals surface area contributed by atoms with Crippen molar-refractivity contribution in [1.82, 2.24) is 0 Å². The van der Waals surface area contributed by atoms with Crippen LogP contribution < -0.4 is 0 Å². The number of hydrogen-bond acceptors (Lipinski definition) is 4. The molecule has 0 aliphatic heterocycles. The summed E-state index contributed by atoms with van der Waals surface area (Å²) in [4.78, 5) is 12.8. The van der Waals surface area contributed by atoms with Gasteiger partial charge in [0.25, 0.3) is 0 Å². The molecule has 0 saturated carbocycles. The lowest BCUT2D eigenvalue weighted by Crippen LogP contribution is -2.01. The van der Waals surface area contributed by atoms with Gasteiger partial charge in [0.1, 0.15) is 11.0 Å². The molecule has 1 aromatic heterocycles. The van der Waals surface area contributed by atoms with E-state index < -0.39 is 6.10 Å². The van der Waals surface area contributed by atoms with Crippen LogP contribution in [0.1, 0.15) is 66.6 Å². The Labute approximate surface area is 125 Å². The number of esters is 1. The van der Waals surface area contributed by atoms with E-state index in [4.69, 9.17) is 4.74 Å². The zero-order chi connectivity index (χ0) is 14.8. The van der Waals surface area contributed by atoms with E-state index in [9.17, 15) is 9.90 Å². The van der Waals surface area contributed by atoms with Gasteiger partial charge in [-0.2, -0.15) is 0 Å². The first-order valence-corrected chi connectivity index (χ1v) is 8.12. The minimum atomic E-state index is -0.630. The highest BCUT2D eigenvalue weighted by molar-refractivity contribution is 7.14. The lowest BCUT2D eigenvalue weighted by atomic mass is 10.1. The third kappa shape index (κ3) is 5.88. The molecule has 1 heterocycles. The molecular formula is C16H24O3S. The van der Waals surface area contributed by atoms with E-state index in [2.05, 4.69) is 6.92 Å². The number of aliphatic hydroxyl groups excluding tert-OH is 1. The number of hydrogen-bond donors (Lipinski definition) is 1. The molecule has 0 aliphatic carbocycles. The van der Waals surface area contributed by atoms with Crippen molar-refractivity contribution < 1.29 is 14.6 Å². The number of allylic oxidation sites excluding steroid dienone is 1. The fourth-order valence-corrected chi connectivity index (χ4v) is 2.70. The van der Waals surface area contributed by atoms with Crippen LogP contribution in [0.5, 0.6) is 0 Å². The zero-order valence-corrected chi connectivity index (χ0v) is 13.1. The second-order valence-electron chi connectivity index (χ2n) is 4.64. The van der Waals surface area contributed by atoms with Gasteiger partial charge in [0.05, 0.1) is 6.61 Å². The Hall–Kier alpha value is -1.13. The molecule has 0 fully saturated rings. The minimum Gasteiger partial charge on any atom is -0.462 e. The maximum absolute atomic E-state index is 11.5. The van der Waals surface area contributed by atoms with Crippen LogP contribution in [0, 0.1) is 0 Å². The SMILES string of the molecule is CCCCCC/C=C/C(O)c1ccc(C(=O)OCC)s1. The first-order valence-electron chi connectivity index (χ1n) is 7.30. The van der Waals surface area contributed by atoms with Gasteiger partial charge < -0.3 is 9.84 Å². The van der Waals surface area contributed by atoms with Crippen molar-refractivity contribution in [2.45, 2.75) is 52.1 Å². The lowest BCUT2D eigenvalue weighted by molar-refractivity contribution is 0.0532. The molecule has 1 rings (SSSR count). The number of rotatable bonds is 9. The molecule has 0 aromatic carbocycles. The van der Waals surface area contributed by atoms with Crippen LogP contribution in [0.4, 0.5) is 0 Å². The average molecular weight is 296 g/mol. The van der Waals surface area contributed by atoms with E-state index in [0.29, 0.717) is 11.5 Å². The molecule has 0 bridgehead atoms. The third-order valence-corrected chi connectivity index (χ3v) is 4.07. The van der Waals surface area contributed by atoms with E-state index in [0.717, 1.165) is 17.7 Å². The fraction of sp³-hybridized carbons (Fsp3) is 0.562. The van der Waals surface area contributed by atoms with Crippen LogP contribution in [-0.2, 0) is 4.74 Å². The summed E-state index contributed by atoms with van der Waals surface area (Å²) < 4.78 is 4.93. The minimum absolute atomic E-state index is 0.320. The number of unbranched alkanes of at least 4 members (excludes halogenated alkanes) is 4. The number of aliphatic hydroxyl groups is 1. The topological polar surface area (TPSA) is 46.5 Å². The molecule has 1 unspecified atom stereocenters. The van der Waals surface area contributed by atoms with Crippen LogP contribution >= 0.6 is 11.3 Å².